The first kappa shape index (κ1) is 24.0. The van der Waals surface area contributed by atoms with Gasteiger partial charge in [-0.15, -0.1) is 11.8 Å². The van der Waals surface area contributed by atoms with Crippen LogP contribution in [0.3, 0.4) is 0 Å². The predicted octanol–water partition coefficient (Wildman–Crippen LogP) is 5.72. The highest BCUT2D eigenvalue weighted by Gasteiger charge is 2.31. The first-order valence-corrected chi connectivity index (χ1v) is 11.7. The fourth-order valence-electron chi connectivity index (χ4n) is 2.74. The molecule has 2 atom stereocenters. The lowest BCUT2D eigenvalue weighted by molar-refractivity contribution is -0.0491. The molecule has 0 spiro atoms. The maximum Gasteiger partial charge on any atom is 0.412 e. The van der Waals surface area contributed by atoms with E-state index in [0.717, 1.165) is 4.90 Å². The molecule has 0 saturated carbocycles. The molecule has 29 heavy (non-hydrogen) atoms. The summed E-state index contributed by atoms with van der Waals surface area (Å²) >= 11 is 8.29. The molecule has 0 aliphatic heterocycles. The van der Waals surface area contributed by atoms with Gasteiger partial charge in [-0.1, -0.05) is 15.9 Å². The number of nitrogens with one attached hydrogen (secondary N) is 1. The van der Waals surface area contributed by atoms with Gasteiger partial charge in [0.25, 0.3) is 0 Å². The second-order valence-electron chi connectivity index (χ2n) is 6.01. The van der Waals surface area contributed by atoms with E-state index in [1.54, 1.807) is 36.0 Å². The molecule has 0 saturated heterocycles. The van der Waals surface area contributed by atoms with Gasteiger partial charge in [-0.2, -0.15) is 0 Å². The number of hydrogen-bond donors (Lipinski definition) is 3. The molecule has 0 aliphatic carbocycles. The molecule has 1 amide bonds. The van der Waals surface area contributed by atoms with Gasteiger partial charge in [0.15, 0.2) is 6.10 Å². The number of rotatable bonds is 9. The minimum Gasteiger partial charge on any atom is -0.506 e. The number of anilines is 1. The number of aliphatic hydroxyl groups excluding tert-OH is 1. The van der Waals surface area contributed by atoms with Crippen molar-refractivity contribution in [1.82, 2.24) is 0 Å². The van der Waals surface area contributed by atoms with Gasteiger partial charge >= 0.3 is 6.09 Å². The third-order valence-electron chi connectivity index (χ3n) is 4.07. The van der Waals surface area contributed by atoms with E-state index in [2.05, 4.69) is 37.2 Å². The zero-order valence-corrected chi connectivity index (χ0v) is 20.0. The first-order valence-electron chi connectivity index (χ1n) is 8.91. The van der Waals surface area contributed by atoms with Gasteiger partial charge in [-0.3, -0.25) is 5.32 Å². The van der Waals surface area contributed by atoms with Crippen molar-refractivity contribution in [2.45, 2.75) is 30.4 Å². The summed E-state index contributed by atoms with van der Waals surface area (Å²) in [6, 6.07) is 10.7. The monoisotopic (exact) mass is 547 g/mol. The van der Waals surface area contributed by atoms with E-state index in [-0.39, 0.29) is 18.8 Å². The number of thioether (sulfide) groups is 1. The number of ether oxygens (including phenoxy) is 2. The Hall–Kier alpha value is -1.26. The van der Waals surface area contributed by atoms with E-state index >= 15 is 0 Å². The lowest BCUT2D eigenvalue weighted by Crippen LogP contribution is -2.30. The third-order valence-corrected chi connectivity index (χ3v) is 5.87. The van der Waals surface area contributed by atoms with Gasteiger partial charge in [-0.05, 0) is 65.5 Å². The molecule has 6 nitrogen and oxygen atoms in total. The summed E-state index contributed by atoms with van der Waals surface area (Å²) in [4.78, 5) is 13.7. The Kier molecular flexibility index (Phi) is 9.78. The van der Waals surface area contributed by atoms with E-state index in [9.17, 15) is 15.0 Å². The van der Waals surface area contributed by atoms with Crippen LogP contribution in [0.2, 0.25) is 0 Å². The van der Waals surface area contributed by atoms with Crippen LogP contribution >= 0.6 is 43.6 Å². The van der Waals surface area contributed by atoms with Crippen LogP contribution in [0.4, 0.5) is 10.5 Å². The summed E-state index contributed by atoms with van der Waals surface area (Å²) in [6.45, 7) is 2.02. The van der Waals surface area contributed by atoms with Crippen molar-refractivity contribution in [1.29, 1.82) is 0 Å². The standard InChI is InChI=1S/C20H23Br2NO5S/c1-3-27-17(8-9-24)19(15-10-12(21)11-16(22)18(15)25)28-20(26)23-13-4-6-14(29-2)7-5-13/h4-7,10-11,17,19,24-25H,3,8-9H2,1-2H3,(H,23,26)/t17-,19-/m0/s1. The van der Waals surface area contributed by atoms with Gasteiger partial charge in [0.05, 0.1) is 4.47 Å². The molecule has 2 aromatic rings. The van der Waals surface area contributed by atoms with Crippen LogP contribution in [-0.4, -0.2) is 41.9 Å². The van der Waals surface area contributed by atoms with Crippen molar-refractivity contribution >= 4 is 55.4 Å². The molecule has 158 valence electrons. The van der Waals surface area contributed by atoms with E-state index in [1.165, 1.54) is 0 Å². The second-order valence-corrected chi connectivity index (χ2v) is 8.66. The predicted molar refractivity (Wildman–Crippen MR) is 122 cm³/mol. The number of halogens is 2. The molecule has 0 aliphatic rings. The summed E-state index contributed by atoms with van der Waals surface area (Å²) in [5.41, 5.74) is 0.951. The number of phenols is 1. The average molecular weight is 549 g/mol. The molecule has 0 aromatic heterocycles. The van der Waals surface area contributed by atoms with E-state index < -0.39 is 18.3 Å². The van der Waals surface area contributed by atoms with Crippen LogP contribution in [-0.2, 0) is 9.47 Å². The zero-order chi connectivity index (χ0) is 21.4. The summed E-state index contributed by atoms with van der Waals surface area (Å²) in [5.74, 6) is -0.0574. The summed E-state index contributed by atoms with van der Waals surface area (Å²) in [5, 5.41) is 22.7. The molecule has 2 aromatic carbocycles. The SMILES string of the molecule is CCO[C@@H](CCO)[C@@H](OC(=O)Nc1ccc(SC)cc1)c1cc(Br)cc(Br)c1O. The van der Waals surface area contributed by atoms with Crippen molar-refractivity contribution in [3.05, 3.63) is 50.9 Å². The Morgan fingerprint density at radius 3 is 2.52 bits per heavy atom. The summed E-state index contributed by atoms with van der Waals surface area (Å²) in [7, 11) is 0. The molecule has 9 heteroatoms. The van der Waals surface area contributed by atoms with Gasteiger partial charge in [0, 0.05) is 40.3 Å². The molecule has 0 heterocycles. The number of amides is 1. The van der Waals surface area contributed by atoms with Crippen LogP contribution in [0.25, 0.3) is 0 Å². The number of carbonyl (C=O) groups is 1. The molecule has 0 unspecified atom stereocenters. The minimum atomic E-state index is -0.929. The smallest absolute Gasteiger partial charge is 0.412 e. The topological polar surface area (TPSA) is 88.0 Å². The molecule has 3 N–H and O–H groups in total. The van der Waals surface area contributed by atoms with Crippen LogP contribution < -0.4 is 5.32 Å². The highest BCUT2D eigenvalue weighted by Crippen LogP contribution is 2.39. The third kappa shape index (κ3) is 6.89. The van der Waals surface area contributed by atoms with Crippen LogP contribution in [0.15, 0.2) is 50.2 Å². The number of aromatic hydroxyl groups is 1. The Bertz CT molecular complexity index is 813. The fraction of sp³-hybridized carbons (Fsp3) is 0.350. The number of benzene rings is 2. The highest BCUT2D eigenvalue weighted by molar-refractivity contribution is 9.11. The van der Waals surface area contributed by atoms with E-state index in [0.29, 0.717) is 26.8 Å². The minimum absolute atomic E-state index is 0.0574. The molecule has 0 radical (unpaired) electrons. The van der Waals surface area contributed by atoms with Crippen molar-refractivity contribution < 1.29 is 24.5 Å². The van der Waals surface area contributed by atoms with Gasteiger partial charge < -0.3 is 19.7 Å². The lowest BCUT2D eigenvalue weighted by atomic mass is 10.0. The number of carbonyl (C=O) groups excluding carboxylic acids is 1. The number of hydrogen-bond acceptors (Lipinski definition) is 6. The molecular weight excluding hydrogens is 526 g/mol. The molecule has 0 fully saturated rings. The number of phenolic OH excluding ortho intramolecular Hbond substituents is 1. The van der Waals surface area contributed by atoms with Gasteiger partial charge in [-0.25, -0.2) is 4.79 Å². The fourth-order valence-corrected chi connectivity index (χ4v) is 4.41. The Morgan fingerprint density at radius 2 is 1.93 bits per heavy atom. The van der Waals surface area contributed by atoms with Gasteiger partial charge in [0.2, 0.25) is 0 Å². The van der Waals surface area contributed by atoms with Gasteiger partial charge in [0.1, 0.15) is 11.9 Å². The Balaban J connectivity index is 2.30. The maximum absolute atomic E-state index is 12.6. The van der Waals surface area contributed by atoms with Crippen molar-refractivity contribution in [3.8, 4) is 5.75 Å². The van der Waals surface area contributed by atoms with Crippen molar-refractivity contribution in [3.63, 3.8) is 0 Å². The van der Waals surface area contributed by atoms with Crippen LogP contribution in [0, 0.1) is 0 Å². The van der Waals surface area contributed by atoms with Crippen molar-refractivity contribution in [2.24, 2.45) is 0 Å². The molecular formula is C20H23Br2NO5S. The zero-order valence-electron chi connectivity index (χ0n) is 16.0. The maximum atomic E-state index is 12.6. The van der Waals surface area contributed by atoms with E-state index in [4.69, 9.17) is 9.47 Å². The van der Waals surface area contributed by atoms with Crippen LogP contribution in [0.1, 0.15) is 25.0 Å². The average Bonchev–Trinajstić information content (AvgIpc) is 2.69. The van der Waals surface area contributed by atoms with Crippen LogP contribution in [0.5, 0.6) is 5.75 Å². The second kappa shape index (κ2) is 11.8. The first-order chi connectivity index (χ1) is 13.9. The summed E-state index contributed by atoms with van der Waals surface area (Å²) < 4.78 is 12.5. The normalized spacial score (nSPS) is 13.0. The Labute approximate surface area is 191 Å². The Morgan fingerprint density at radius 1 is 1.24 bits per heavy atom. The lowest BCUT2D eigenvalue weighted by Gasteiger charge is -2.28. The largest absolute Gasteiger partial charge is 0.506 e. The van der Waals surface area contributed by atoms with E-state index in [1.807, 2.05) is 25.3 Å². The quantitative estimate of drug-likeness (QED) is 0.347. The summed E-state index contributed by atoms with van der Waals surface area (Å²) in [6.07, 6.45) is -0.0513. The number of aliphatic hydroxyl groups is 1. The van der Waals surface area contributed by atoms with Crippen molar-refractivity contribution in [2.75, 3.05) is 24.8 Å². The highest BCUT2D eigenvalue weighted by atomic mass is 79.9. The molecule has 2 rings (SSSR count). The molecule has 0 bridgehead atoms.